The zero-order valence-electron chi connectivity index (χ0n) is 19.6. The first kappa shape index (κ1) is 29.9. The molecule has 15 heteroatoms. The highest BCUT2D eigenvalue weighted by atomic mass is 19.2. The molecule has 1 aliphatic rings. The van der Waals surface area contributed by atoms with Gasteiger partial charge in [-0.3, -0.25) is 0 Å². The van der Waals surface area contributed by atoms with Crippen molar-refractivity contribution in [1.82, 2.24) is 0 Å². The molecule has 39 heavy (non-hydrogen) atoms. The summed E-state index contributed by atoms with van der Waals surface area (Å²) in [6.45, 7) is -2.07. The number of halogens is 10. The number of aliphatic hydroxyl groups excluding tert-OH is 1. The van der Waals surface area contributed by atoms with Crippen LogP contribution in [0.3, 0.4) is 0 Å². The van der Waals surface area contributed by atoms with Gasteiger partial charge in [-0.1, -0.05) is 16.4 Å². The summed E-state index contributed by atoms with van der Waals surface area (Å²) in [6, 6.07) is 0. The van der Waals surface area contributed by atoms with Crippen molar-refractivity contribution >= 4 is 12.4 Å². The first-order chi connectivity index (χ1) is 18.5. The minimum absolute atomic E-state index is 0.163. The molecule has 0 aromatic heterocycles. The van der Waals surface area contributed by atoms with Gasteiger partial charge in [0.25, 0.3) is 0 Å². The third-order valence-corrected chi connectivity index (χ3v) is 5.74. The predicted molar refractivity (Wildman–Crippen MR) is 115 cm³/mol. The molecule has 1 aliphatic carbocycles. The van der Waals surface area contributed by atoms with Gasteiger partial charge in [-0.2, -0.15) is 0 Å². The van der Waals surface area contributed by atoms with Crippen molar-refractivity contribution in [2.45, 2.75) is 45.0 Å². The second-order valence-corrected chi connectivity index (χ2v) is 8.26. The Morgan fingerprint density at radius 2 is 1.13 bits per heavy atom. The van der Waals surface area contributed by atoms with E-state index in [0.29, 0.717) is 12.0 Å². The van der Waals surface area contributed by atoms with Crippen LogP contribution < -0.4 is 0 Å². The van der Waals surface area contributed by atoms with Crippen molar-refractivity contribution in [2.75, 3.05) is 0 Å². The van der Waals surface area contributed by atoms with Gasteiger partial charge in [-0.05, 0) is 31.3 Å². The summed E-state index contributed by atoms with van der Waals surface area (Å²) >= 11 is 0. The lowest BCUT2D eigenvalue weighted by Crippen LogP contribution is -2.23. The van der Waals surface area contributed by atoms with Crippen molar-refractivity contribution in [3.63, 3.8) is 0 Å². The number of oxime groups is 2. The van der Waals surface area contributed by atoms with Crippen molar-refractivity contribution in [3.05, 3.63) is 80.9 Å². The fourth-order valence-electron chi connectivity index (χ4n) is 3.62. The van der Waals surface area contributed by atoms with E-state index in [1.807, 2.05) is 0 Å². The molecule has 2 atom stereocenters. The van der Waals surface area contributed by atoms with E-state index in [2.05, 4.69) is 20.0 Å². The molecule has 0 bridgehead atoms. The van der Waals surface area contributed by atoms with E-state index in [4.69, 9.17) is 0 Å². The number of hydrogen-bond donors (Lipinski definition) is 1. The van der Waals surface area contributed by atoms with Crippen LogP contribution in [0.2, 0.25) is 0 Å². The van der Waals surface area contributed by atoms with E-state index in [0.717, 1.165) is 12.4 Å². The van der Waals surface area contributed by atoms with E-state index < -0.39 is 94.5 Å². The summed E-state index contributed by atoms with van der Waals surface area (Å²) in [5, 5.41) is 17.0. The number of nitrogens with zero attached hydrogens (tertiary/aromatic N) is 2. The summed E-state index contributed by atoms with van der Waals surface area (Å²) in [5.41, 5.74) is -1.86. The van der Waals surface area contributed by atoms with Crippen LogP contribution in [-0.2, 0) is 22.9 Å². The molecule has 2 aromatic carbocycles. The smallest absolute Gasteiger partial charge is 0.200 e. The van der Waals surface area contributed by atoms with Crippen molar-refractivity contribution in [3.8, 4) is 0 Å². The van der Waals surface area contributed by atoms with Crippen LogP contribution in [0.25, 0.3) is 0 Å². The lowest BCUT2D eigenvalue weighted by Gasteiger charge is -2.24. The molecule has 5 nitrogen and oxygen atoms in total. The van der Waals surface area contributed by atoms with Crippen LogP contribution in [0, 0.1) is 64.1 Å². The highest BCUT2D eigenvalue weighted by Gasteiger charge is 2.27. The molecule has 0 spiro atoms. The third kappa shape index (κ3) is 6.69. The number of allylic oxidation sites excluding steroid dienone is 1. The van der Waals surface area contributed by atoms with Gasteiger partial charge in [0.1, 0.15) is 13.2 Å². The zero-order chi connectivity index (χ0) is 28.9. The van der Waals surface area contributed by atoms with Crippen LogP contribution >= 0.6 is 0 Å². The average Bonchev–Trinajstić information content (AvgIpc) is 2.93. The molecule has 0 radical (unpaired) electrons. The fourth-order valence-corrected chi connectivity index (χ4v) is 3.62. The van der Waals surface area contributed by atoms with Gasteiger partial charge < -0.3 is 14.8 Å². The number of benzene rings is 2. The standard InChI is InChI=1S/C24H18F10N2O3/c25-15-12(16(26)20(30)23(33)19(15)29)8-38-35-5-1-2-11-6-10(3-4-14(11)37)7-36-39-9-13-17(27)21(31)24(34)22(32)18(13)28/h5-7,11,14,37H,1-4,8-9H2/b35-5-,36-7+. The SMILES string of the molecule is OC1CCC(/C=N/OCc2c(F)c(F)c(F)c(F)c2F)=CC1CC/C=N\OCc1c(F)c(F)c(F)c(F)c1F. The van der Waals surface area contributed by atoms with Gasteiger partial charge in [0.15, 0.2) is 46.5 Å². The van der Waals surface area contributed by atoms with Crippen LogP contribution in [0.15, 0.2) is 22.0 Å². The number of rotatable bonds is 10. The second-order valence-electron chi connectivity index (χ2n) is 8.26. The Morgan fingerprint density at radius 3 is 1.62 bits per heavy atom. The molecule has 212 valence electrons. The van der Waals surface area contributed by atoms with Crippen LogP contribution in [0.4, 0.5) is 43.9 Å². The third-order valence-electron chi connectivity index (χ3n) is 5.74. The minimum atomic E-state index is -2.30. The average molecular weight is 572 g/mol. The summed E-state index contributed by atoms with van der Waals surface area (Å²) in [7, 11) is 0. The quantitative estimate of drug-likeness (QED) is 0.120. The Bertz CT molecular complexity index is 1260. The molecule has 0 amide bonds. The molecule has 1 N–H and O–H groups in total. The summed E-state index contributed by atoms with van der Waals surface area (Å²) in [4.78, 5) is 9.27. The van der Waals surface area contributed by atoms with Crippen LogP contribution in [-0.4, -0.2) is 23.6 Å². The molecule has 0 saturated carbocycles. The first-order valence-corrected chi connectivity index (χ1v) is 11.1. The van der Waals surface area contributed by atoms with E-state index in [-0.39, 0.29) is 19.3 Å². The van der Waals surface area contributed by atoms with Crippen LogP contribution in [0.5, 0.6) is 0 Å². The predicted octanol–water partition coefficient (Wildman–Crippen LogP) is 6.26. The Morgan fingerprint density at radius 1 is 0.692 bits per heavy atom. The van der Waals surface area contributed by atoms with Gasteiger partial charge >= 0.3 is 0 Å². The molecule has 0 fully saturated rings. The molecule has 0 saturated heterocycles. The van der Waals surface area contributed by atoms with E-state index >= 15 is 0 Å². The van der Waals surface area contributed by atoms with Crippen LogP contribution in [0.1, 0.15) is 36.8 Å². The largest absolute Gasteiger partial charge is 0.393 e. The van der Waals surface area contributed by atoms with E-state index in [9.17, 15) is 49.0 Å². The maximum absolute atomic E-state index is 13.7. The maximum Gasteiger partial charge on any atom is 0.200 e. The lowest BCUT2D eigenvalue weighted by atomic mass is 9.85. The number of hydrogen-bond acceptors (Lipinski definition) is 5. The van der Waals surface area contributed by atoms with Gasteiger partial charge in [0.05, 0.1) is 23.4 Å². The summed E-state index contributed by atoms with van der Waals surface area (Å²) in [6.07, 6.45) is 4.17. The van der Waals surface area contributed by atoms with Crippen molar-refractivity contribution in [1.29, 1.82) is 0 Å². The normalized spacial score (nSPS) is 17.8. The molecule has 0 aliphatic heterocycles. The topological polar surface area (TPSA) is 63.4 Å². The van der Waals surface area contributed by atoms with Gasteiger partial charge in [-0.15, -0.1) is 0 Å². The molecule has 2 aromatic rings. The van der Waals surface area contributed by atoms with Crippen molar-refractivity contribution < 1.29 is 58.7 Å². The second kappa shape index (κ2) is 13.0. The highest BCUT2D eigenvalue weighted by molar-refractivity contribution is 5.78. The maximum atomic E-state index is 13.7. The van der Waals surface area contributed by atoms with Gasteiger partial charge in [0.2, 0.25) is 11.6 Å². The first-order valence-electron chi connectivity index (χ1n) is 11.1. The lowest BCUT2D eigenvalue weighted by molar-refractivity contribution is 0.110. The number of aliphatic hydroxyl groups is 1. The van der Waals surface area contributed by atoms with E-state index in [1.165, 1.54) is 0 Å². The Hall–Kier alpha value is -3.62. The monoisotopic (exact) mass is 572 g/mol. The molecular formula is C24H18F10N2O3. The Balaban J connectivity index is 1.52. The molecule has 2 unspecified atom stereocenters. The van der Waals surface area contributed by atoms with Gasteiger partial charge in [0, 0.05) is 12.1 Å². The zero-order valence-corrected chi connectivity index (χ0v) is 19.6. The summed E-state index contributed by atoms with van der Waals surface area (Å²) in [5.74, 6) is -21.7. The Kier molecular flexibility index (Phi) is 9.94. The van der Waals surface area contributed by atoms with Gasteiger partial charge in [-0.25, -0.2) is 43.9 Å². The minimum Gasteiger partial charge on any atom is -0.393 e. The Labute approximate surface area is 214 Å². The van der Waals surface area contributed by atoms with Crippen molar-refractivity contribution in [2.24, 2.45) is 16.2 Å². The highest BCUT2D eigenvalue weighted by Crippen LogP contribution is 2.27. The molecule has 0 heterocycles. The van der Waals surface area contributed by atoms with E-state index in [1.54, 1.807) is 6.08 Å². The molecular weight excluding hydrogens is 554 g/mol. The fraction of sp³-hybridized carbons (Fsp3) is 0.333. The summed E-state index contributed by atoms with van der Waals surface area (Å²) < 4.78 is 133. The molecule has 3 rings (SSSR count).